The number of halogens is 1. The molecule has 0 bridgehead atoms. The van der Waals surface area contributed by atoms with Gasteiger partial charge in [-0.1, -0.05) is 5.92 Å². The quantitative estimate of drug-likeness (QED) is 0.602. The van der Waals surface area contributed by atoms with E-state index >= 15 is 0 Å². The Morgan fingerprint density at radius 3 is 3.00 bits per heavy atom. The number of aryl methyl sites for hydroxylation is 1. The second-order valence-electron chi connectivity index (χ2n) is 2.32. The summed E-state index contributed by atoms with van der Waals surface area (Å²) in [5, 5.41) is 0. The van der Waals surface area contributed by atoms with Crippen LogP contribution in [0.3, 0.4) is 0 Å². The number of esters is 1. The maximum Gasteiger partial charge on any atom is 0.341 e. The molecule has 0 unspecified atom stereocenters. The first-order valence-corrected chi connectivity index (χ1v) is 5.12. The van der Waals surface area contributed by atoms with Crippen LogP contribution >= 0.6 is 27.3 Å². The Hall–Kier alpha value is -0.790. The molecule has 0 aromatic carbocycles. The number of carbonyl (C=O) groups excluding carboxylic acids is 1. The van der Waals surface area contributed by atoms with Crippen molar-refractivity contribution in [3.63, 3.8) is 0 Å². The van der Waals surface area contributed by atoms with E-state index in [2.05, 4.69) is 21.9 Å². The van der Waals surface area contributed by atoms with Crippen molar-refractivity contribution >= 4 is 33.2 Å². The molecule has 68 valence electrons. The molecule has 0 spiro atoms. The van der Waals surface area contributed by atoms with Crippen LogP contribution in [0.4, 0.5) is 0 Å². The van der Waals surface area contributed by atoms with E-state index in [1.54, 1.807) is 6.07 Å². The van der Waals surface area contributed by atoms with Crippen LogP contribution in [0, 0.1) is 19.3 Å². The summed E-state index contributed by atoms with van der Waals surface area (Å²) in [7, 11) is 0. The number of terminal acetylenes is 1. The highest BCUT2D eigenvalue weighted by Crippen LogP contribution is 2.27. The van der Waals surface area contributed by atoms with Crippen molar-refractivity contribution in [2.24, 2.45) is 0 Å². The second kappa shape index (κ2) is 4.45. The SMILES string of the molecule is C#CCOC(=O)c1cc(C)sc1Br. The van der Waals surface area contributed by atoms with Gasteiger partial charge in [0.25, 0.3) is 0 Å². The lowest BCUT2D eigenvalue weighted by Crippen LogP contribution is -2.04. The van der Waals surface area contributed by atoms with Gasteiger partial charge in [0.1, 0.15) is 0 Å². The topological polar surface area (TPSA) is 26.3 Å². The predicted molar refractivity (Wildman–Crippen MR) is 55.9 cm³/mol. The summed E-state index contributed by atoms with van der Waals surface area (Å²) < 4.78 is 5.56. The van der Waals surface area contributed by atoms with Crippen molar-refractivity contribution in [2.45, 2.75) is 6.92 Å². The van der Waals surface area contributed by atoms with E-state index in [1.165, 1.54) is 11.3 Å². The van der Waals surface area contributed by atoms with Crippen LogP contribution < -0.4 is 0 Å². The van der Waals surface area contributed by atoms with Gasteiger partial charge in [0.05, 0.1) is 9.35 Å². The largest absolute Gasteiger partial charge is 0.449 e. The molecule has 0 atom stereocenters. The van der Waals surface area contributed by atoms with E-state index in [1.807, 2.05) is 6.92 Å². The molecule has 1 heterocycles. The maximum atomic E-state index is 11.3. The Labute approximate surface area is 89.0 Å². The first-order valence-electron chi connectivity index (χ1n) is 3.51. The molecule has 0 aliphatic heterocycles. The molecule has 0 aliphatic carbocycles. The van der Waals surface area contributed by atoms with Crippen molar-refractivity contribution in [3.8, 4) is 12.3 Å². The summed E-state index contributed by atoms with van der Waals surface area (Å²) >= 11 is 4.77. The van der Waals surface area contributed by atoms with Crippen LogP contribution in [0.2, 0.25) is 0 Å². The first-order chi connectivity index (χ1) is 6.15. The van der Waals surface area contributed by atoms with Crippen molar-refractivity contribution in [1.82, 2.24) is 0 Å². The third-order valence-corrected chi connectivity index (χ3v) is 3.07. The molecule has 0 saturated carbocycles. The van der Waals surface area contributed by atoms with Gasteiger partial charge in [0, 0.05) is 4.88 Å². The van der Waals surface area contributed by atoms with Crippen LogP contribution in [-0.2, 0) is 4.74 Å². The maximum absolute atomic E-state index is 11.3. The molecular formula is C9H7BrO2S. The number of hydrogen-bond donors (Lipinski definition) is 0. The van der Waals surface area contributed by atoms with Gasteiger partial charge in [-0.3, -0.25) is 0 Å². The van der Waals surface area contributed by atoms with Crippen molar-refractivity contribution in [1.29, 1.82) is 0 Å². The molecule has 1 rings (SSSR count). The van der Waals surface area contributed by atoms with Gasteiger partial charge in [-0.2, -0.15) is 0 Å². The Kier molecular flexibility index (Phi) is 3.52. The zero-order chi connectivity index (χ0) is 9.84. The van der Waals surface area contributed by atoms with Gasteiger partial charge >= 0.3 is 5.97 Å². The van der Waals surface area contributed by atoms with Crippen LogP contribution in [0.15, 0.2) is 9.85 Å². The van der Waals surface area contributed by atoms with Crippen LogP contribution in [-0.4, -0.2) is 12.6 Å². The second-order valence-corrected chi connectivity index (χ2v) is 4.90. The highest BCUT2D eigenvalue weighted by atomic mass is 79.9. The van der Waals surface area contributed by atoms with E-state index < -0.39 is 0 Å². The summed E-state index contributed by atoms with van der Waals surface area (Å²) in [6, 6.07) is 1.77. The normalized spacial score (nSPS) is 9.31. The lowest BCUT2D eigenvalue weighted by Gasteiger charge is -1.97. The molecule has 0 fully saturated rings. The molecule has 2 nitrogen and oxygen atoms in total. The van der Waals surface area contributed by atoms with Crippen LogP contribution in [0.5, 0.6) is 0 Å². The minimum atomic E-state index is -0.380. The fourth-order valence-electron chi connectivity index (χ4n) is 0.810. The Morgan fingerprint density at radius 2 is 2.54 bits per heavy atom. The van der Waals surface area contributed by atoms with Gasteiger partial charge in [-0.15, -0.1) is 17.8 Å². The van der Waals surface area contributed by atoms with Gasteiger partial charge in [-0.05, 0) is 28.9 Å². The number of rotatable bonds is 2. The van der Waals surface area contributed by atoms with Gasteiger partial charge < -0.3 is 4.74 Å². The molecule has 4 heteroatoms. The van der Waals surface area contributed by atoms with E-state index in [-0.39, 0.29) is 12.6 Å². The van der Waals surface area contributed by atoms with Crippen LogP contribution in [0.25, 0.3) is 0 Å². The Bertz CT molecular complexity index is 362. The number of hydrogen-bond acceptors (Lipinski definition) is 3. The zero-order valence-electron chi connectivity index (χ0n) is 6.96. The molecule has 1 aromatic heterocycles. The standard InChI is InChI=1S/C9H7BrO2S/c1-3-4-12-9(11)7-5-6(2)13-8(7)10/h1,5H,4H2,2H3. The monoisotopic (exact) mass is 258 g/mol. The fourth-order valence-corrected chi connectivity index (χ4v) is 2.56. The van der Waals surface area contributed by atoms with Crippen molar-refractivity contribution in [3.05, 3.63) is 20.3 Å². The predicted octanol–water partition coefficient (Wildman–Crippen LogP) is 2.61. The fraction of sp³-hybridized carbons (Fsp3) is 0.222. The third-order valence-electron chi connectivity index (χ3n) is 1.32. The van der Waals surface area contributed by atoms with E-state index in [9.17, 15) is 4.79 Å². The highest BCUT2D eigenvalue weighted by molar-refractivity contribution is 9.11. The summed E-state index contributed by atoms with van der Waals surface area (Å²) in [5.41, 5.74) is 0.540. The van der Waals surface area contributed by atoms with E-state index in [4.69, 9.17) is 11.2 Å². The minimum absolute atomic E-state index is 0.0141. The van der Waals surface area contributed by atoms with E-state index in [0.29, 0.717) is 5.56 Å². The highest BCUT2D eigenvalue weighted by Gasteiger charge is 2.13. The molecule has 0 radical (unpaired) electrons. The number of thiophene rings is 1. The Balaban J connectivity index is 2.78. The van der Waals surface area contributed by atoms with Crippen molar-refractivity contribution in [2.75, 3.05) is 6.61 Å². The lowest BCUT2D eigenvalue weighted by molar-refractivity contribution is 0.0556. The number of ether oxygens (including phenoxy) is 1. The Morgan fingerprint density at radius 1 is 1.85 bits per heavy atom. The van der Waals surface area contributed by atoms with Crippen molar-refractivity contribution < 1.29 is 9.53 Å². The average molecular weight is 259 g/mol. The summed E-state index contributed by atoms with van der Waals surface area (Å²) in [6.45, 7) is 1.94. The molecule has 0 N–H and O–H groups in total. The summed E-state index contributed by atoms with van der Waals surface area (Å²) in [4.78, 5) is 12.4. The van der Waals surface area contributed by atoms with Gasteiger partial charge in [0.15, 0.2) is 6.61 Å². The first kappa shape index (κ1) is 10.3. The third kappa shape index (κ3) is 2.58. The molecule has 0 saturated heterocycles. The molecule has 13 heavy (non-hydrogen) atoms. The summed E-state index contributed by atoms with van der Waals surface area (Å²) in [6.07, 6.45) is 4.96. The average Bonchev–Trinajstić information content (AvgIpc) is 2.41. The lowest BCUT2D eigenvalue weighted by atomic mass is 10.3. The van der Waals surface area contributed by atoms with Crippen LogP contribution in [0.1, 0.15) is 15.2 Å². The molecular weight excluding hydrogens is 252 g/mol. The summed E-state index contributed by atoms with van der Waals surface area (Å²) in [5.74, 6) is 1.86. The molecule has 0 aliphatic rings. The van der Waals surface area contributed by atoms with Gasteiger partial charge in [-0.25, -0.2) is 4.79 Å². The van der Waals surface area contributed by atoms with E-state index in [0.717, 1.165) is 8.66 Å². The minimum Gasteiger partial charge on any atom is -0.449 e. The molecule has 0 amide bonds. The van der Waals surface area contributed by atoms with Gasteiger partial charge in [0.2, 0.25) is 0 Å². The molecule has 1 aromatic rings. The number of carbonyl (C=O) groups is 1. The smallest absolute Gasteiger partial charge is 0.341 e. The zero-order valence-corrected chi connectivity index (χ0v) is 9.37.